The Morgan fingerprint density at radius 3 is 0.722 bits per heavy atom. The summed E-state index contributed by atoms with van der Waals surface area (Å²) < 4.78 is 41.0. The van der Waals surface area contributed by atoms with Crippen LogP contribution < -0.4 is 29.3 Å². The Bertz CT molecular complexity index is 2280. The summed E-state index contributed by atoms with van der Waals surface area (Å²) >= 11 is 0. The van der Waals surface area contributed by atoms with Crippen LogP contribution in [-0.4, -0.2) is 0 Å². The number of fused-ring (bicyclic) bond motifs is 2. The van der Waals surface area contributed by atoms with Crippen molar-refractivity contribution in [3.05, 3.63) is 192 Å². The minimum Gasteiger partial charge on any atom is -0.270 e. The lowest BCUT2D eigenvalue weighted by Crippen LogP contribution is -2.29. The van der Waals surface area contributed by atoms with Crippen molar-refractivity contribution >= 4 is 71.0 Å². The Morgan fingerprint density at radius 2 is 0.519 bits per heavy atom. The zero-order valence-corrected chi connectivity index (χ0v) is 32.5. The molecule has 0 spiro atoms. The van der Waals surface area contributed by atoms with Gasteiger partial charge in [0.1, 0.15) is 0 Å². The minimum absolute atomic E-state index is 0.637. The highest BCUT2D eigenvalue weighted by Gasteiger charge is 2.52. The molecule has 2 aliphatic heterocycles. The highest BCUT2D eigenvalue weighted by Crippen LogP contribution is 2.72. The molecule has 7 aromatic carbocycles. The van der Waals surface area contributed by atoms with Crippen molar-refractivity contribution in [1.29, 1.82) is 0 Å². The van der Waals surface area contributed by atoms with Gasteiger partial charge < -0.3 is 0 Å². The van der Waals surface area contributed by atoms with Gasteiger partial charge in [-0.05, 0) is 147 Å². The van der Waals surface area contributed by atoms with Gasteiger partial charge in [-0.2, -0.15) is 0 Å². The smallest absolute Gasteiger partial charge is 0.270 e. The topological polar surface area (TPSA) is 47.1 Å². The molecule has 266 valence electrons. The molecular weight excluding hydrogens is 702 g/mol. The first-order valence-corrected chi connectivity index (χ1v) is 21.4. The Hall–Kier alpha value is -5.80. The molecule has 8 heteroatoms. The quantitative estimate of drug-likeness (QED) is 0.158. The van der Waals surface area contributed by atoms with Gasteiger partial charge in [-0.25, -0.2) is 0 Å². The number of nitrogens with zero attached hydrogens (tertiary/aromatic N) is 4. The van der Waals surface area contributed by atoms with E-state index in [9.17, 15) is 0 Å². The Balaban J connectivity index is 1.27. The fraction of sp³-hybridized carbons (Fsp3) is 0.0870. The average Bonchev–Trinajstić information content (AvgIpc) is 3.61. The van der Waals surface area contributed by atoms with Gasteiger partial charge in [0.15, 0.2) is 0 Å². The third kappa shape index (κ3) is 5.09. The van der Waals surface area contributed by atoms with E-state index in [0.717, 1.165) is 67.8 Å². The van der Waals surface area contributed by atoms with E-state index < -0.39 is 14.9 Å². The summed E-state index contributed by atoms with van der Waals surface area (Å²) in [5.74, 6) is 0. The molecule has 2 heterocycles. The van der Waals surface area contributed by atoms with E-state index in [1.807, 2.05) is 164 Å². The molecule has 0 N–H and O–H groups in total. The van der Waals surface area contributed by atoms with Gasteiger partial charge in [-0.1, -0.05) is 72.8 Å². The Morgan fingerprint density at radius 1 is 0.315 bits per heavy atom. The van der Waals surface area contributed by atoms with Crippen molar-refractivity contribution in [2.75, 3.05) is 18.7 Å². The lowest BCUT2D eigenvalue weighted by molar-refractivity contribution is 0.581. The molecule has 0 aliphatic carbocycles. The second-order valence-corrected chi connectivity index (χ2v) is 18.9. The third-order valence-electron chi connectivity index (χ3n) is 10.7. The summed E-state index contributed by atoms with van der Waals surface area (Å²) in [5.41, 5.74) is 11.4. The minimum atomic E-state index is -3.65. The van der Waals surface area contributed by atoms with Crippen LogP contribution >= 0.6 is 14.9 Å². The van der Waals surface area contributed by atoms with Crippen LogP contribution in [0.5, 0.6) is 0 Å². The van der Waals surface area contributed by atoms with Gasteiger partial charge in [0.05, 0.1) is 33.4 Å². The predicted octanol–water partition coefficient (Wildman–Crippen LogP) is 12.5. The molecule has 6 nitrogen and oxygen atoms in total. The van der Waals surface area contributed by atoms with E-state index >= 15 is 9.13 Å². The van der Waals surface area contributed by atoms with Crippen molar-refractivity contribution < 1.29 is 9.13 Å². The van der Waals surface area contributed by atoms with E-state index in [1.54, 1.807) is 0 Å². The summed E-state index contributed by atoms with van der Waals surface area (Å²) in [6.45, 7) is 8.39. The van der Waals surface area contributed by atoms with Crippen LogP contribution in [-0.2, 0) is 9.13 Å². The summed E-state index contributed by atoms with van der Waals surface area (Å²) in [6, 6.07) is 56.2. The monoisotopic (exact) mass is 742 g/mol. The number of aryl methyl sites for hydroxylation is 4. The maximum absolute atomic E-state index is 16.5. The summed E-state index contributed by atoms with van der Waals surface area (Å²) in [5, 5.41) is 1.27. The van der Waals surface area contributed by atoms with Gasteiger partial charge in [0, 0.05) is 22.7 Å². The van der Waals surface area contributed by atoms with Gasteiger partial charge in [0.2, 0.25) is 0 Å². The molecule has 9 rings (SSSR count). The molecule has 0 radical (unpaired) electrons. The van der Waals surface area contributed by atoms with Crippen molar-refractivity contribution in [2.24, 2.45) is 0 Å². The SMILES string of the molecule is Cc1cc2c(cc1C)N(c1ccccc1)P(=O)(c1ccc(P3(=O)N(c4ccccc4)c4cc(C)c(C)cc4N3c3ccccc3)cc1)N2c1ccccc1. The first-order valence-electron chi connectivity index (χ1n) is 18.2. The number of hydrogen-bond acceptors (Lipinski definition) is 2. The molecule has 0 fully saturated rings. The second-order valence-electron chi connectivity index (χ2n) is 14.0. The van der Waals surface area contributed by atoms with E-state index in [-0.39, 0.29) is 0 Å². The number of anilines is 8. The molecule has 0 unspecified atom stereocenters. The zero-order valence-electron chi connectivity index (χ0n) is 30.7. The molecule has 2 aliphatic rings. The average molecular weight is 743 g/mol. The summed E-state index contributed by atoms with van der Waals surface area (Å²) in [4.78, 5) is 0. The molecule has 54 heavy (non-hydrogen) atoms. The fourth-order valence-corrected chi connectivity index (χ4v) is 13.7. The molecule has 0 aromatic heterocycles. The molecule has 0 amide bonds. The molecule has 0 saturated heterocycles. The summed E-state index contributed by atoms with van der Waals surface area (Å²) in [7, 11) is -7.30. The van der Waals surface area contributed by atoms with Crippen molar-refractivity contribution in [2.45, 2.75) is 27.7 Å². The first kappa shape index (κ1) is 34.0. The normalized spacial score (nSPS) is 15.3. The fourth-order valence-electron chi connectivity index (χ4n) is 7.78. The van der Waals surface area contributed by atoms with E-state index in [0.29, 0.717) is 10.6 Å². The molecule has 7 aromatic rings. The van der Waals surface area contributed by atoms with Gasteiger partial charge in [0.25, 0.3) is 0 Å². The standard InChI is InChI=1S/C46H40N4O2P2/c1-33-29-43-44(30-34(33)2)48(38-19-11-6-12-20-38)53(51,47(43)37-17-9-5-10-18-37)41-25-27-42(28-26-41)54(52)49(39-21-13-7-14-22-39)45-31-35(3)36(4)32-46(45)50(54)40-23-15-8-16-24-40/h5-32H,1-4H3. The number of para-hydroxylation sites is 4. The zero-order chi connectivity index (χ0) is 37.2. The molecule has 0 saturated carbocycles. The van der Waals surface area contributed by atoms with Crippen LogP contribution in [0.15, 0.2) is 170 Å². The van der Waals surface area contributed by atoms with Crippen LogP contribution in [0.25, 0.3) is 0 Å². The van der Waals surface area contributed by atoms with E-state index in [2.05, 4.69) is 52.0 Å². The lowest BCUT2D eigenvalue weighted by atomic mass is 10.1. The Kier molecular flexibility index (Phi) is 8.15. The lowest BCUT2D eigenvalue weighted by Gasteiger charge is -2.35. The van der Waals surface area contributed by atoms with Gasteiger partial charge >= 0.3 is 14.9 Å². The first-order chi connectivity index (χ1) is 26.2. The second kappa shape index (κ2) is 13.0. The van der Waals surface area contributed by atoms with Crippen LogP contribution in [0.3, 0.4) is 0 Å². The predicted molar refractivity (Wildman–Crippen MR) is 227 cm³/mol. The maximum atomic E-state index is 16.5. The van der Waals surface area contributed by atoms with Crippen LogP contribution in [0.4, 0.5) is 45.5 Å². The maximum Gasteiger partial charge on any atom is 0.301 e. The van der Waals surface area contributed by atoms with Crippen molar-refractivity contribution in [3.8, 4) is 0 Å². The number of hydrogen-bond donors (Lipinski definition) is 0. The van der Waals surface area contributed by atoms with Crippen LogP contribution in [0, 0.1) is 27.7 Å². The van der Waals surface area contributed by atoms with Gasteiger partial charge in [-0.15, -0.1) is 0 Å². The van der Waals surface area contributed by atoms with Gasteiger partial charge in [-0.3, -0.25) is 27.8 Å². The number of benzene rings is 7. The molecule has 0 atom stereocenters. The Labute approximate surface area is 317 Å². The number of rotatable bonds is 6. The highest BCUT2D eigenvalue weighted by molar-refractivity contribution is 7.76. The molecule has 0 bridgehead atoms. The molecular formula is C46H40N4O2P2. The van der Waals surface area contributed by atoms with Crippen LogP contribution in [0.1, 0.15) is 22.3 Å². The third-order valence-corrected chi connectivity index (χ3v) is 16.6. The highest BCUT2D eigenvalue weighted by atomic mass is 31.2. The van der Waals surface area contributed by atoms with Crippen molar-refractivity contribution in [3.63, 3.8) is 0 Å². The summed E-state index contributed by atoms with van der Waals surface area (Å²) in [6.07, 6.45) is 0. The van der Waals surface area contributed by atoms with Crippen LogP contribution in [0.2, 0.25) is 0 Å². The largest absolute Gasteiger partial charge is 0.301 e. The van der Waals surface area contributed by atoms with Crippen molar-refractivity contribution in [1.82, 2.24) is 0 Å². The van der Waals surface area contributed by atoms with E-state index in [4.69, 9.17) is 0 Å². The van der Waals surface area contributed by atoms with E-state index in [1.165, 1.54) is 0 Å².